The van der Waals surface area contributed by atoms with E-state index < -0.39 is 11.6 Å². The van der Waals surface area contributed by atoms with Crippen LogP contribution in [-0.4, -0.2) is 41.3 Å². The summed E-state index contributed by atoms with van der Waals surface area (Å²) in [5, 5.41) is 0. The Balaban J connectivity index is 1.45. The van der Waals surface area contributed by atoms with Gasteiger partial charge in [-0.05, 0) is 30.3 Å². The van der Waals surface area contributed by atoms with Gasteiger partial charge in [-0.1, -0.05) is 18.2 Å². The van der Waals surface area contributed by atoms with Crippen molar-refractivity contribution in [2.75, 3.05) is 13.1 Å². The molecular weight excluding hydrogens is 358 g/mol. The highest BCUT2D eigenvalue weighted by Crippen LogP contribution is 2.39. The minimum atomic E-state index is -0.540. The van der Waals surface area contributed by atoms with Gasteiger partial charge >= 0.3 is 5.97 Å². The number of ketones is 1. The molecule has 0 aliphatic carbocycles. The summed E-state index contributed by atoms with van der Waals surface area (Å²) in [6, 6.07) is 13.9. The predicted octanol–water partition coefficient (Wildman–Crippen LogP) is 3.25. The summed E-state index contributed by atoms with van der Waals surface area (Å²) < 4.78 is 11.3. The van der Waals surface area contributed by atoms with E-state index in [9.17, 15) is 14.4 Å². The van der Waals surface area contributed by atoms with E-state index >= 15 is 0 Å². The van der Waals surface area contributed by atoms with Crippen LogP contribution in [0.15, 0.2) is 48.5 Å². The number of ether oxygens (including phenoxy) is 2. The molecule has 2 aliphatic rings. The van der Waals surface area contributed by atoms with E-state index in [0.717, 1.165) is 0 Å². The standard InChI is InChI=1S/C22H21NO5/c1-15(24)27-17-6-4-5-16(13-17)21(26)23-11-9-22(10-12-23)14-19(25)18-7-2-3-8-20(18)28-22/h2-8,13H,9-12,14H2,1H3. The molecule has 4 rings (SSSR count). The van der Waals surface area contributed by atoms with Gasteiger partial charge < -0.3 is 14.4 Å². The molecule has 0 aromatic heterocycles. The number of nitrogens with zero attached hydrogens (tertiary/aromatic N) is 1. The van der Waals surface area contributed by atoms with Crippen molar-refractivity contribution in [3.63, 3.8) is 0 Å². The molecule has 28 heavy (non-hydrogen) atoms. The van der Waals surface area contributed by atoms with Crippen LogP contribution in [0.25, 0.3) is 0 Å². The number of hydrogen-bond donors (Lipinski definition) is 0. The Kier molecular flexibility index (Phi) is 4.63. The lowest BCUT2D eigenvalue weighted by atomic mass is 9.82. The van der Waals surface area contributed by atoms with Crippen LogP contribution in [-0.2, 0) is 4.79 Å². The summed E-state index contributed by atoms with van der Waals surface area (Å²) in [6.45, 7) is 2.33. The lowest BCUT2D eigenvalue weighted by molar-refractivity contribution is -0.131. The minimum absolute atomic E-state index is 0.0932. The molecule has 2 aromatic rings. The molecule has 6 heteroatoms. The van der Waals surface area contributed by atoms with Crippen LogP contribution in [0.2, 0.25) is 0 Å². The van der Waals surface area contributed by atoms with E-state index in [1.807, 2.05) is 18.2 Å². The van der Waals surface area contributed by atoms with Gasteiger partial charge in [-0.2, -0.15) is 0 Å². The number of carbonyl (C=O) groups excluding carboxylic acids is 3. The normalized spacial score (nSPS) is 17.6. The number of esters is 1. The predicted molar refractivity (Wildman–Crippen MR) is 102 cm³/mol. The van der Waals surface area contributed by atoms with E-state index in [2.05, 4.69) is 0 Å². The number of fused-ring (bicyclic) bond motifs is 1. The molecule has 1 fully saturated rings. The van der Waals surface area contributed by atoms with Gasteiger partial charge in [0.05, 0.1) is 12.0 Å². The van der Waals surface area contributed by atoms with Gasteiger partial charge in [0, 0.05) is 38.4 Å². The van der Waals surface area contributed by atoms with Crippen molar-refractivity contribution >= 4 is 17.7 Å². The number of rotatable bonds is 2. The molecule has 1 spiro atoms. The molecule has 144 valence electrons. The molecule has 1 amide bonds. The molecule has 0 saturated carbocycles. The van der Waals surface area contributed by atoms with E-state index in [4.69, 9.17) is 9.47 Å². The number of Topliss-reactive ketones (excluding diaryl/α,β-unsaturated/α-hetero) is 1. The number of carbonyl (C=O) groups is 3. The van der Waals surface area contributed by atoms with Crippen LogP contribution in [0.4, 0.5) is 0 Å². The van der Waals surface area contributed by atoms with Crippen LogP contribution < -0.4 is 9.47 Å². The highest BCUT2D eigenvalue weighted by atomic mass is 16.5. The Morgan fingerprint density at radius 1 is 1.07 bits per heavy atom. The quantitative estimate of drug-likeness (QED) is 0.592. The first-order chi connectivity index (χ1) is 13.5. The molecular formula is C22H21NO5. The fraction of sp³-hybridized carbons (Fsp3) is 0.318. The van der Waals surface area contributed by atoms with Gasteiger partial charge in [0.1, 0.15) is 17.1 Å². The number of likely N-dealkylation sites (tertiary alicyclic amines) is 1. The SMILES string of the molecule is CC(=O)Oc1cccc(C(=O)N2CCC3(CC2)CC(=O)c2ccccc2O3)c1. The second-order valence-corrected chi connectivity index (χ2v) is 7.29. The molecule has 0 atom stereocenters. The Bertz CT molecular complexity index is 943. The van der Waals surface area contributed by atoms with E-state index in [0.29, 0.717) is 55.0 Å². The topological polar surface area (TPSA) is 72.9 Å². The zero-order valence-electron chi connectivity index (χ0n) is 15.6. The first-order valence-corrected chi connectivity index (χ1v) is 9.35. The molecule has 0 radical (unpaired) electrons. The number of hydrogen-bond acceptors (Lipinski definition) is 5. The summed E-state index contributed by atoms with van der Waals surface area (Å²) in [5.41, 5.74) is 0.566. The van der Waals surface area contributed by atoms with Crippen molar-refractivity contribution in [3.05, 3.63) is 59.7 Å². The Labute approximate surface area is 163 Å². The fourth-order valence-corrected chi connectivity index (χ4v) is 3.88. The Morgan fingerprint density at radius 3 is 2.57 bits per heavy atom. The molecule has 0 unspecified atom stereocenters. The monoisotopic (exact) mass is 379 g/mol. The maximum Gasteiger partial charge on any atom is 0.308 e. The third-order valence-electron chi connectivity index (χ3n) is 5.30. The first kappa shape index (κ1) is 18.2. The van der Waals surface area contributed by atoms with E-state index in [1.165, 1.54) is 6.92 Å². The van der Waals surface area contributed by atoms with Crippen LogP contribution >= 0.6 is 0 Å². The van der Waals surface area contributed by atoms with Gasteiger partial charge in [0.25, 0.3) is 5.91 Å². The van der Waals surface area contributed by atoms with Gasteiger partial charge in [-0.25, -0.2) is 0 Å². The lowest BCUT2D eigenvalue weighted by Gasteiger charge is -2.44. The second kappa shape index (κ2) is 7.11. The van der Waals surface area contributed by atoms with Gasteiger partial charge in [-0.3, -0.25) is 14.4 Å². The fourth-order valence-electron chi connectivity index (χ4n) is 3.88. The highest BCUT2D eigenvalue weighted by molar-refractivity contribution is 6.00. The number of benzene rings is 2. The average Bonchev–Trinajstić information content (AvgIpc) is 2.68. The van der Waals surface area contributed by atoms with Crippen molar-refractivity contribution in [2.45, 2.75) is 31.8 Å². The second-order valence-electron chi connectivity index (χ2n) is 7.29. The Hall–Kier alpha value is -3.15. The van der Waals surface area contributed by atoms with E-state index in [1.54, 1.807) is 35.2 Å². The number of piperidine rings is 1. The summed E-state index contributed by atoms with van der Waals surface area (Å²) in [4.78, 5) is 38.2. The molecule has 2 heterocycles. The van der Waals surface area contributed by atoms with Crippen LogP contribution in [0.3, 0.4) is 0 Å². The Morgan fingerprint density at radius 2 is 1.82 bits per heavy atom. The number of para-hydroxylation sites is 1. The number of amides is 1. The largest absolute Gasteiger partial charge is 0.486 e. The maximum absolute atomic E-state index is 12.8. The third-order valence-corrected chi connectivity index (χ3v) is 5.30. The van der Waals surface area contributed by atoms with Gasteiger partial charge in [0.2, 0.25) is 0 Å². The van der Waals surface area contributed by atoms with Crippen molar-refractivity contribution in [3.8, 4) is 11.5 Å². The van der Waals surface area contributed by atoms with Crippen LogP contribution in [0.1, 0.15) is 46.9 Å². The molecule has 2 aromatic carbocycles. The summed E-state index contributed by atoms with van der Waals surface area (Å²) >= 11 is 0. The molecule has 6 nitrogen and oxygen atoms in total. The molecule has 0 bridgehead atoms. The zero-order valence-corrected chi connectivity index (χ0v) is 15.6. The zero-order chi connectivity index (χ0) is 19.7. The first-order valence-electron chi connectivity index (χ1n) is 9.35. The van der Waals surface area contributed by atoms with Crippen molar-refractivity contribution in [1.82, 2.24) is 4.90 Å². The molecule has 0 N–H and O–H groups in total. The summed E-state index contributed by atoms with van der Waals surface area (Å²) in [5.74, 6) is 0.531. The molecule has 1 saturated heterocycles. The minimum Gasteiger partial charge on any atom is -0.486 e. The van der Waals surface area contributed by atoms with Crippen LogP contribution in [0, 0.1) is 0 Å². The van der Waals surface area contributed by atoms with Crippen molar-refractivity contribution in [1.29, 1.82) is 0 Å². The van der Waals surface area contributed by atoms with Crippen molar-refractivity contribution in [2.24, 2.45) is 0 Å². The van der Waals surface area contributed by atoms with Crippen molar-refractivity contribution < 1.29 is 23.9 Å². The lowest BCUT2D eigenvalue weighted by Crippen LogP contribution is -2.52. The van der Waals surface area contributed by atoms with Gasteiger partial charge in [-0.15, -0.1) is 0 Å². The van der Waals surface area contributed by atoms with E-state index in [-0.39, 0.29) is 11.7 Å². The summed E-state index contributed by atoms with van der Waals surface area (Å²) in [7, 11) is 0. The summed E-state index contributed by atoms with van der Waals surface area (Å²) in [6.07, 6.45) is 1.54. The smallest absolute Gasteiger partial charge is 0.308 e. The average molecular weight is 379 g/mol. The maximum atomic E-state index is 12.8. The van der Waals surface area contributed by atoms with Gasteiger partial charge in [0.15, 0.2) is 5.78 Å². The molecule has 2 aliphatic heterocycles. The highest BCUT2D eigenvalue weighted by Gasteiger charge is 2.43. The third kappa shape index (κ3) is 3.50. The van der Waals surface area contributed by atoms with Crippen LogP contribution in [0.5, 0.6) is 11.5 Å².